The molecular formula is C22H23ClFN3O3. The van der Waals surface area contributed by atoms with Gasteiger partial charge in [0.25, 0.3) is 0 Å². The van der Waals surface area contributed by atoms with Gasteiger partial charge in [0.2, 0.25) is 11.8 Å². The zero-order chi connectivity index (χ0) is 21.3. The van der Waals surface area contributed by atoms with Crippen LogP contribution in [0.4, 0.5) is 15.8 Å². The molecular weight excluding hydrogens is 409 g/mol. The zero-order valence-electron chi connectivity index (χ0n) is 16.6. The number of nitrogens with zero attached hydrogens (tertiary/aromatic N) is 2. The minimum Gasteiger partial charge on any atom is -0.495 e. The van der Waals surface area contributed by atoms with Crippen LogP contribution in [0.3, 0.4) is 0 Å². The molecule has 2 fully saturated rings. The first-order valence-electron chi connectivity index (χ1n) is 9.90. The molecule has 6 nitrogen and oxygen atoms in total. The predicted octanol–water partition coefficient (Wildman–Crippen LogP) is 3.24. The quantitative estimate of drug-likeness (QED) is 0.789. The number of hydrogen-bond donors (Lipinski definition) is 1. The fourth-order valence-electron chi connectivity index (χ4n) is 4.11. The molecule has 30 heavy (non-hydrogen) atoms. The second kappa shape index (κ2) is 8.52. The average molecular weight is 432 g/mol. The molecule has 4 rings (SSSR count). The molecule has 0 aliphatic carbocycles. The molecule has 1 N–H and O–H groups in total. The summed E-state index contributed by atoms with van der Waals surface area (Å²) in [6.45, 7) is 1.57. The van der Waals surface area contributed by atoms with Gasteiger partial charge in [-0.2, -0.15) is 0 Å². The van der Waals surface area contributed by atoms with E-state index < -0.39 is 11.7 Å². The maximum Gasteiger partial charge on any atom is 0.227 e. The number of anilines is 2. The molecule has 2 atom stereocenters. The summed E-state index contributed by atoms with van der Waals surface area (Å²) in [6, 6.07) is 11.5. The van der Waals surface area contributed by atoms with Crippen LogP contribution in [-0.2, 0) is 9.59 Å². The van der Waals surface area contributed by atoms with E-state index in [1.807, 2.05) is 12.1 Å². The lowest BCUT2D eigenvalue weighted by Gasteiger charge is -2.22. The van der Waals surface area contributed by atoms with E-state index in [0.717, 1.165) is 24.4 Å². The fraction of sp³-hybridized carbons (Fsp3) is 0.364. The van der Waals surface area contributed by atoms with Gasteiger partial charge >= 0.3 is 0 Å². The Kier molecular flexibility index (Phi) is 5.81. The molecule has 0 saturated carbocycles. The van der Waals surface area contributed by atoms with Crippen LogP contribution in [0.1, 0.15) is 12.8 Å². The van der Waals surface area contributed by atoms with Crippen LogP contribution in [0, 0.1) is 11.7 Å². The Balaban J connectivity index is 1.38. The van der Waals surface area contributed by atoms with Gasteiger partial charge in [0, 0.05) is 37.1 Å². The number of benzene rings is 2. The van der Waals surface area contributed by atoms with Crippen LogP contribution in [0.5, 0.6) is 5.75 Å². The molecule has 2 saturated heterocycles. The van der Waals surface area contributed by atoms with E-state index in [9.17, 15) is 14.0 Å². The molecule has 2 aromatic rings. The van der Waals surface area contributed by atoms with Crippen LogP contribution in [-0.4, -0.2) is 44.6 Å². The Bertz CT molecular complexity index is 970. The Labute approximate surface area is 179 Å². The molecule has 2 heterocycles. The Morgan fingerprint density at radius 2 is 2.00 bits per heavy atom. The summed E-state index contributed by atoms with van der Waals surface area (Å²) in [4.78, 5) is 28.6. The van der Waals surface area contributed by atoms with Crippen molar-refractivity contribution in [1.29, 1.82) is 0 Å². The van der Waals surface area contributed by atoms with E-state index in [1.54, 1.807) is 31.4 Å². The van der Waals surface area contributed by atoms with E-state index in [0.29, 0.717) is 11.6 Å². The number of rotatable bonds is 5. The van der Waals surface area contributed by atoms with Gasteiger partial charge in [-0.15, -0.1) is 0 Å². The molecule has 0 spiro atoms. The highest BCUT2D eigenvalue weighted by Crippen LogP contribution is 2.33. The highest BCUT2D eigenvalue weighted by Gasteiger charge is 2.37. The SMILES string of the molecule is COc1ccc(Cl)cc1N1CC[C@H](NC(=O)[C@H]2CC(=O)N(c3ccccc3F)C2)C1. The minimum atomic E-state index is -0.494. The Morgan fingerprint density at radius 3 is 2.77 bits per heavy atom. The summed E-state index contributed by atoms with van der Waals surface area (Å²) in [5.41, 5.74) is 1.11. The van der Waals surface area contributed by atoms with Gasteiger partial charge in [-0.3, -0.25) is 9.59 Å². The maximum absolute atomic E-state index is 14.0. The van der Waals surface area contributed by atoms with Crippen molar-refractivity contribution in [2.45, 2.75) is 18.9 Å². The first kappa shape index (κ1) is 20.5. The van der Waals surface area contributed by atoms with Crippen LogP contribution in [0.2, 0.25) is 5.02 Å². The molecule has 2 amide bonds. The number of para-hydroxylation sites is 1. The summed E-state index contributed by atoms with van der Waals surface area (Å²) in [7, 11) is 1.61. The maximum atomic E-state index is 14.0. The number of ether oxygens (including phenoxy) is 1. The fourth-order valence-corrected chi connectivity index (χ4v) is 4.28. The highest BCUT2D eigenvalue weighted by atomic mass is 35.5. The number of halogens is 2. The van der Waals surface area contributed by atoms with Crippen molar-refractivity contribution < 1.29 is 18.7 Å². The van der Waals surface area contributed by atoms with Crippen molar-refractivity contribution in [2.75, 3.05) is 36.5 Å². The van der Waals surface area contributed by atoms with Crippen molar-refractivity contribution >= 4 is 34.8 Å². The van der Waals surface area contributed by atoms with E-state index in [-0.39, 0.29) is 36.5 Å². The standard InChI is InChI=1S/C22H23ClFN3O3/c1-30-20-7-6-15(23)11-19(20)26-9-8-16(13-26)25-22(29)14-10-21(28)27(12-14)18-5-3-2-4-17(18)24/h2-7,11,14,16H,8-10,12-13H2,1H3,(H,25,29)/t14-,16-/m0/s1. The molecule has 2 aliphatic heterocycles. The first-order valence-corrected chi connectivity index (χ1v) is 10.3. The molecule has 0 aromatic heterocycles. The van der Waals surface area contributed by atoms with Gasteiger partial charge in [0.1, 0.15) is 11.6 Å². The van der Waals surface area contributed by atoms with Gasteiger partial charge in [-0.1, -0.05) is 23.7 Å². The molecule has 0 radical (unpaired) electrons. The molecule has 2 aliphatic rings. The van der Waals surface area contributed by atoms with Gasteiger partial charge in [-0.05, 0) is 36.8 Å². The van der Waals surface area contributed by atoms with E-state index in [4.69, 9.17) is 16.3 Å². The number of methoxy groups -OCH3 is 1. The van der Waals surface area contributed by atoms with Crippen LogP contribution in [0.15, 0.2) is 42.5 Å². The molecule has 0 bridgehead atoms. The summed E-state index contributed by atoms with van der Waals surface area (Å²) < 4.78 is 19.5. The van der Waals surface area contributed by atoms with E-state index >= 15 is 0 Å². The monoisotopic (exact) mass is 431 g/mol. The molecule has 158 valence electrons. The number of carbonyl (C=O) groups excluding carboxylic acids is 2. The lowest BCUT2D eigenvalue weighted by Crippen LogP contribution is -2.41. The third-order valence-corrected chi connectivity index (χ3v) is 5.89. The third-order valence-electron chi connectivity index (χ3n) is 5.66. The summed E-state index contributed by atoms with van der Waals surface area (Å²) in [5.74, 6) is -0.641. The minimum absolute atomic E-state index is 0.0428. The average Bonchev–Trinajstić information content (AvgIpc) is 3.35. The van der Waals surface area contributed by atoms with Gasteiger partial charge in [-0.25, -0.2) is 4.39 Å². The van der Waals surface area contributed by atoms with Crippen molar-refractivity contribution in [3.63, 3.8) is 0 Å². The number of carbonyl (C=O) groups is 2. The first-order chi connectivity index (χ1) is 14.5. The largest absolute Gasteiger partial charge is 0.495 e. The topological polar surface area (TPSA) is 61.9 Å². The second-order valence-corrected chi connectivity index (χ2v) is 8.05. The summed E-state index contributed by atoms with van der Waals surface area (Å²) >= 11 is 6.13. The predicted molar refractivity (Wildman–Crippen MR) is 114 cm³/mol. The lowest BCUT2D eigenvalue weighted by molar-refractivity contribution is -0.126. The molecule has 8 heteroatoms. The summed E-state index contributed by atoms with van der Waals surface area (Å²) in [6.07, 6.45) is 0.859. The normalized spacial score (nSPS) is 21.2. The number of hydrogen-bond acceptors (Lipinski definition) is 4. The van der Waals surface area contributed by atoms with Crippen LogP contribution < -0.4 is 19.9 Å². The Morgan fingerprint density at radius 1 is 1.20 bits per heavy atom. The molecule has 2 aromatic carbocycles. The van der Waals surface area contributed by atoms with Gasteiger partial charge < -0.3 is 19.9 Å². The number of nitrogens with one attached hydrogen (secondary N) is 1. The van der Waals surface area contributed by atoms with Crippen molar-refractivity contribution in [2.24, 2.45) is 5.92 Å². The zero-order valence-corrected chi connectivity index (χ0v) is 17.4. The van der Waals surface area contributed by atoms with Crippen molar-refractivity contribution in [3.05, 3.63) is 53.3 Å². The highest BCUT2D eigenvalue weighted by molar-refractivity contribution is 6.31. The smallest absolute Gasteiger partial charge is 0.227 e. The van der Waals surface area contributed by atoms with E-state index in [1.165, 1.54) is 11.0 Å². The van der Waals surface area contributed by atoms with Crippen molar-refractivity contribution in [3.8, 4) is 5.75 Å². The van der Waals surface area contributed by atoms with Gasteiger partial charge in [0.15, 0.2) is 0 Å². The lowest BCUT2D eigenvalue weighted by atomic mass is 10.1. The van der Waals surface area contributed by atoms with Crippen molar-refractivity contribution in [1.82, 2.24) is 5.32 Å². The van der Waals surface area contributed by atoms with Crippen LogP contribution >= 0.6 is 11.6 Å². The second-order valence-electron chi connectivity index (χ2n) is 7.61. The number of amides is 2. The Hall–Kier alpha value is -2.80. The van der Waals surface area contributed by atoms with Gasteiger partial charge in [0.05, 0.1) is 24.4 Å². The van der Waals surface area contributed by atoms with Crippen LogP contribution in [0.25, 0.3) is 0 Å². The summed E-state index contributed by atoms with van der Waals surface area (Å²) in [5, 5.41) is 3.67. The van der Waals surface area contributed by atoms with E-state index in [2.05, 4.69) is 10.2 Å². The third kappa shape index (κ3) is 4.07. The molecule has 0 unspecified atom stereocenters.